The molecule has 0 N–H and O–H groups in total. The first-order valence-corrected chi connectivity index (χ1v) is 11.8. The van der Waals surface area contributed by atoms with Gasteiger partial charge in [0.15, 0.2) is 5.65 Å². The fraction of sp³-hybridized carbons (Fsp3) is 0.375. The molecule has 2 saturated heterocycles. The van der Waals surface area contributed by atoms with Crippen LogP contribution in [-0.4, -0.2) is 60.1 Å². The molecule has 1 aromatic carbocycles. The molecular formula is C24H24N4O3S. The number of hydrogen-bond acceptors (Lipinski definition) is 7. The highest BCUT2D eigenvalue weighted by Crippen LogP contribution is 2.35. The minimum absolute atomic E-state index is 0.0915. The van der Waals surface area contributed by atoms with Crippen molar-refractivity contribution >= 4 is 49.2 Å². The zero-order valence-corrected chi connectivity index (χ0v) is 18.9. The first kappa shape index (κ1) is 19.7. The molecule has 6 rings (SSSR count). The molecule has 2 atom stereocenters. The summed E-state index contributed by atoms with van der Waals surface area (Å²) >= 11 is 1.43. The molecular weight excluding hydrogens is 424 g/mol. The highest BCUT2D eigenvalue weighted by Gasteiger charge is 2.39. The molecule has 164 valence electrons. The zero-order valence-electron chi connectivity index (χ0n) is 18.1. The van der Waals surface area contributed by atoms with Gasteiger partial charge in [-0.3, -0.25) is 9.20 Å². The van der Waals surface area contributed by atoms with Crippen molar-refractivity contribution in [3.05, 3.63) is 52.2 Å². The van der Waals surface area contributed by atoms with Crippen LogP contribution in [0.3, 0.4) is 0 Å². The van der Waals surface area contributed by atoms with Gasteiger partial charge in [0.25, 0.3) is 0 Å². The van der Waals surface area contributed by atoms with E-state index in [9.17, 15) is 9.59 Å². The van der Waals surface area contributed by atoms with Gasteiger partial charge in [-0.15, -0.1) is 11.3 Å². The molecule has 3 aromatic heterocycles. The molecule has 8 heteroatoms. The van der Waals surface area contributed by atoms with Crippen molar-refractivity contribution in [2.24, 2.45) is 11.8 Å². The lowest BCUT2D eigenvalue weighted by atomic mass is 10.0. The van der Waals surface area contributed by atoms with E-state index in [1.54, 1.807) is 6.92 Å². The summed E-state index contributed by atoms with van der Waals surface area (Å²) < 4.78 is 8.19. The van der Waals surface area contributed by atoms with Crippen LogP contribution in [0.4, 0.5) is 5.82 Å². The number of rotatable bonds is 3. The minimum Gasteiger partial charge on any atom is -0.462 e. The SMILES string of the molecule is CCOC(=O)c1c(=O)c2ccc(N3CC4CN(C)CC4C3)nc2n2c1sc1ccccc12. The first-order valence-electron chi connectivity index (χ1n) is 11.0. The predicted octanol–water partition coefficient (Wildman–Crippen LogP) is 3.24. The van der Waals surface area contributed by atoms with E-state index >= 15 is 0 Å². The molecule has 2 aliphatic heterocycles. The highest BCUT2D eigenvalue weighted by molar-refractivity contribution is 7.24. The molecule has 5 heterocycles. The van der Waals surface area contributed by atoms with Gasteiger partial charge in [0, 0.05) is 26.2 Å². The smallest absolute Gasteiger partial charge is 0.345 e. The third kappa shape index (κ3) is 2.86. The van der Waals surface area contributed by atoms with Crippen LogP contribution in [-0.2, 0) is 4.74 Å². The molecule has 0 aliphatic carbocycles. The third-order valence-corrected chi connectivity index (χ3v) is 7.89. The van der Waals surface area contributed by atoms with Gasteiger partial charge in [0.2, 0.25) is 5.43 Å². The Hall–Kier alpha value is -2.97. The largest absolute Gasteiger partial charge is 0.462 e. The molecule has 0 saturated carbocycles. The number of thiazole rings is 1. The number of anilines is 1. The summed E-state index contributed by atoms with van der Waals surface area (Å²) in [6.45, 7) is 6.17. The maximum Gasteiger partial charge on any atom is 0.345 e. The number of esters is 1. The number of carbonyl (C=O) groups is 1. The first-order chi connectivity index (χ1) is 15.5. The summed E-state index contributed by atoms with van der Waals surface area (Å²) in [5, 5.41) is 0.442. The Kier molecular flexibility index (Phi) is 4.48. The Morgan fingerprint density at radius 2 is 1.88 bits per heavy atom. The summed E-state index contributed by atoms with van der Waals surface area (Å²) in [4.78, 5) is 36.5. The lowest BCUT2D eigenvalue weighted by molar-refractivity contribution is 0.0527. The van der Waals surface area contributed by atoms with E-state index in [-0.39, 0.29) is 17.6 Å². The van der Waals surface area contributed by atoms with E-state index in [1.807, 2.05) is 40.8 Å². The second-order valence-electron chi connectivity index (χ2n) is 8.82. The number of pyridine rings is 2. The molecule has 0 bridgehead atoms. The van der Waals surface area contributed by atoms with Crippen LogP contribution in [0.2, 0.25) is 0 Å². The minimum atomic E-state index is -0.580. The number of benzene rings is 1. The van der Waals surface area contributed by atoms with Gasteiger partial charge in [-0.2, -0.15) is 0 Å². The van der Waals surface area contributed by atoms with E-state index < -0.39 is 5.97 Å². The van der Waals surface area contributed by atoms with Crippen LogP contribution in [0.15, 0.2) is 41.2 Å². The van der Waals surface area contributed by atoms with Gasteiger partial charge in [-0.25, -0.2) is 9.78 Å². The maximum absolute atomic E-state index is 13.4. The second-order valence-corrected chi connectivity index (χ2v) is 9.85. The molecule has 2 fully saturated rings. The van der Waals surface area contributed by atoms with Crippen LogP contribution in [0, 0.1) is 11.8 Å². The van der Waals surface area contributed by atoms with Gasteiger partial charge >= 0.3 is 5.97 Å². The van der Waals surface area contributed by atoms with E-state index in [1.165, 1.54) is 11.3 Å². The van der Waals surface area contributed by atoms with Crippen LogP contribution in [0.1, 0.15) is 17.3 Å². The normalized spacial score (nSPS) is 21.1. The van der Waals surface area contributed by atoms with E-state index in [0.717, 1.165) is 42.2 Å². The number of para-hydroxylation sites is 1. The Balaban J connectivity index is 1.58. The number of likely N-dealkylation sites (tertiary alicyclic amines) is 1. The van der Waals surface area contributed by atoms with E-state index in [0.29, 0.717) is 27.7 Å². The zero-order chi connectivity index (χ0) is 22.0. The maximum atomic E-state index is 13.4. The lowest BCUT2D eigenvalue weighted by Crippen LogP contribution is -2.27. The molecule has 2 unspecified atom stereocenters. The van der Waals surface area contributed by atoms with Crippen molar-refractivity contribution in [1.82, 2.24) is 14.3 Å². The molecule has 32 heavy (non-hydrogen) atoms. The van der Waals surface area contributed by atoms with Gasteiger partial charge < -0.3 is 14.5 Å². The van der Waals surface area contributed by atoms with Crippen LogP contribution >= 0.6 is 11.3 Å². The fourth-order valence-electron chi connectivity index (χ4n) is 5.35. The fourth-order valence-corrected chi connectivity index (χ4v) is 6.53. The van der Waals surface area contributed by atoms with Gasteiger partial charge in [0.1, 0.15) is 16.2 Å². The van der Waals surface area contributed by atoms with E-state index in [4.69, 9.17) is 9.72 Å². The highest BCUT2D eigenvalue weighted by atomic mass is 32.1. The molecule has 0 amide bonds. The molecule has 4 aromatic rings. The summed E-state index contributed by atoms with van der Waals surface area (Å²) in [6, 6.07) is 11.7. The van der Waals surface area contributed by atoms with Crippen molar-refractivity contribution in [1.29, 1.82) is 0 Å². The van der Waals surface area contributed by atoms with Crippen molar-refractivity contribution in [2.75, 3.05) is 44.7 Å². The monoisotopic (exact) mass is 448 g/mol. The molecule has 2 aliphatic rings. The third-order valence-electron chi connectivity index (χ3n) is 6.75. The average molecular weight is 449 g/mol. The molecule has 7 nitrogen and oxygen atoms in total. The Morgan fingerprint density at radius 1 is 1.12 bits per heavy atom. The Bertz CT molecular complexity index is 1430. The van der Waals surface area contributed by atoms with E-state index in [2.05, 4.69) is 16.8 Å². The number of ether oxygens (including phenoxy) is 1. The topological polar surface area (TPSA) is 67.2 Å². The predicted molar refractivity (Wildman–Crippen MR) is 127 cm³/mol. The number of nitrogens with zero attached hydrogens (tertiary/aromatic N) is 4. The molecule has 0 spiro atoms. The van der Waals surface area contributed by atoms with Crippen molar-refractivity contribution in [3.63, 3.8) is 0 Å². The number of hydrogen-bond donors (Lipinski definition) is 0. The van der Waals surface area contributed by atoms with Gasteiger partial charge in [-0.05, 0) is 50.1 Å². The second kappa shape index (κ2) is 7.28. The summed E-state index contributed by atoms with van der Waals surface area (Å²) in [7, 11) is 2.18. The number of carbonyl (C=O) groups excluding carboxylic acids is 1. The Morgan fingerprint density at radius 3 is 2.62 bits per heavy atom. The molecule has 0 radical (unpaired) electrons. The van der Waals surface area contributed by atoms with Gasteiger partial charge in [0.05, 0.1) is 22.2 Å². The quantitative estimate of drug-likeness (QED) is 0.449. The summed E-state index contributed by atoms with van der Waals surface area (Å²) in [5.74, 6) is 1.63. The standard InChI is InChI=1S/C24H24N4O3S/c1-3-31-24(30)20-21(29)16-8-9-19(27-12-14-10-26(2)11-15(14)13-27)25-22(16)28-17-6-4-5-7-18(17)32-23(20)28/h4-9,14-15H,3,10-13H2,1-2H3. The lowest BCUT2D eigenvalue weighted by Gasteiger charge is -2.21. The van der Waals surface area contributed by atoms with Crippen LogP contribution < -0.4 is 10.3 Å². The average Bonchev–Trinajstić information content (AvgIpc) is 3.44. The van der Waals surface area contributed by atoms with Crippen LogP contribution in [0.25, 0.3) is 26.1 Å². The van der Waals surface area contributed by atoms with Crippen molar-refractivity contribution < 1.29 is 9.53 Å². The summed E-state index contributed by atoms with van der Waals surface area (Å²) in [5.41, 5.74) is 1.31. The van der Waals surface area contributed by atoms with Crippen molar-refractivity contribution in [3.8, 4) is 0 Å². The van der Waals surface area contributed by atoms with Crippen LogP contribution in [0.5, 0.6) is 0 Å². The number of aromatic nitrogens is 2. The number of fused-ring (bicyclic) bond motifs is 6. The summed E-state index contributed by atoms with van der Waals surface area (Å²) in [6.07, 6.45) is 0. The van der Waals surface area contributed by atoms with Gasteiger partial charge in [-0.1, -0.05) is 12.1 Å². The Labute approximate surface area is 188 Å². The van der Waals surface area contributed by atoms with Crippen molar-refractivity contribution in [2.45, 2.75) is 6.92 Å².